The van der Waals surface area contributed by atoms with Gasteiger partial charge in [0, 0.05) is 10.9 Å². The lowest BCUT2D eigenvalue weighted by Gasteiger charge is -2.18. The number of fused-ring (bicyclic) bond motifs is 3. The van der Waals surface area contributed by atoms with E-state index in [-0.39, 0.29) is 35.8 Å². The van der Waals surface area contributed by atoms with Crippen LogP contribution >= 0.6 is 11.6 Å². The van der Waals surface area contributed by atoms with Crippen LogP contribution in [0.2, 0.25) is 5.02 Å². The molecule has 1 aliphatic carbocycles. The Kier molecular flexibility index (Phi) is 6.32. The smallest absolute Gasteiger partial charge is 0.407 e. The van der Waals surface area contributed by atoms with E-state index in [0.29, 0.717) is 5.75 Å². The zero-order valence-electron chi connectivity index (χ0n) is 17.4. The number of aromatic carboxylic acids is 1. The Labute approximate surface area is 190 Å². The number of carboxylic acids is 1. The number of carbonyl (C=O) groups excluding carboxylic acids is 1. The fraction of sp³-hybridized carbons (Fsp3) is 0.200. The summed E-state index contributed by atoms with van der Waals surface area (Å²) in [5, 5.41) is 12.1. The van der Waals surface area contributed by atoms with E-state index >= 15 is 0 Å². The molecule has 1 unspecified atom stereocenters. The molecule has 0 saturated carbocycles. The van der Waals surface area contributed by atoms with Gasteiger partial charge in [0.05, 0.1) is 11.6 Å². The van der Waals surface area contributed by atoms with Crippen molar-refractivity contribution in [3.05, 3.63) is 88.4 Å². The van der Waals surface area contributed by atoms with E-state index in [1.165, 1.54) is 29.3 Å². The van der Waals surface area contributed by atoms with Crippen molar-refractivity contribution in [3.63, 3.8) is 0 Å². The van der Waals surface area contributed by atoms with Crippen molar-refractivity contribution in [1.29, 1.82) is 0 Å². The molecule has 4 rings (SSSR count). The summed E-state index contributed by atoms with van der Waals surface area (Å²) in [6.45, 7) is 2.12. The molecule has 164 valence electrons. The second-order valence-corrected chi connectivity index (χ2v) is 8.10. The number of amides is 1. The number of ether oxygens (including phenoxy) is 2. The number of carboxylic acid groups (broad SMARTS) is 1. The first-order valence-corrected chi connectivity index (χ1v) is 10.6. The summed E-state index contributed by atoms with van der Waals surface area (Å²) in [6, 6.07) is 20.2. The van der Waals surface area contributed by atoms with E-state index in [9.17, 15) is 9.59 Å². The third-order valence-electron chi connectivity index (χ3n) is 5.33. The second kappa shape index (κ2) is 9.32. The minimum Gasteiger partial charge on any atom is -0.491 e. The fourth-order valence-corrected chi connectivity index (χ4v) is 4.10. The van der Waals surface area contributed by atoms with Gasteiger partial charge < -0.3 is 19.9 Å². The van der Waals surface area contributed by atoms with Gasteiger partial charge in [0.15, 0.2) is 0 Å². The maximum absolute atomic E-state index is 12.4. The minimum atomic E-state index is -1.10. The summed E-state index contributed by atoms with van der Waals surface area (Å²) in [5.41, 5.74) is 4.66. The second-order valence-electron chi connectivity index (χ2n) is 7.66. The highest BCUT2D eigenvalue weighted by Gasteiger charge is 2.29. The lowest BCUT2D eigenvalue weighted by molar-refractivity contribution is 0.0696. The van der Waals surface area contributed by atoms with Crippen LogP contribution < -0.4 is 10.1 Å². The summed E-state index contributed by atoms with van der Waals surface area (Å²) in [6.07, 6.45) is -0.541. The first kappa shape index (κ1) is 21.7. The van der Waals surface area contributed by atoms with Crippen molar-refractivity contribution in [3.8, 4) is 16.9 Å². The number of nitrogens with one attached hydrogen (secondary N) is 1. The molecule has 7 heteroatoms. The van der Waals surface area contributed by atoms with Gasteiger partial charge in [-0.25, -0.2) is 9.59 Å². The number of halogens is 1. The Hall–Kier alpha value is -3.51. The molecule has 0 bridgehead atoms. The number of rotatable bonds is 7. The predicted molar refractivity (Wildman–Crippen MR) is 122 cm³/mol. The standard InChI is InChI=1S/C25H22ClNO5/c1-15(13-31-18-11-16(24(28)29)10-17(26)12-18)27-25(30)32-14-23-21-8-4-2-6-19(21)20-7-3-5-9-22(20)23/h2-12,15,23H,13-14H2,1H3,(H,27,30)(H,28,29). The van der Waals surface area contributed by atoms with E-state index in [1.54, 1.807) is 6.92 Å². The average molecular weight is 452 g/mol. The molecule has 1 aliphatic rings. The molecule has 0 aliphatic heterocycles. The third kappa shape index (κ3) is 4.70. The van der Waals surface area contributed by atoms with Gasteiger partial charge in [-0.15, -0.1) is 0 Å². The molecule has 0 heterocycles. The predicted octanol–water partition coefficient (Wildman–Crippen LogP) is 5.34. The van der Waals surface area contributed by atoms with E-state index < -0.39 is 12.1 Å². The molecule has 0 saturated heterocycles. The van der Waals surface area contributed by atoms with Crippen LogP contribution in [0.5, 0.6) is 5.75 Å². The normalized spacial score (nSPS) is 13.1. The van der Waals surface area contributed by atoms with Crippen LogP contribution in [0.4, 0.5) is 4.79 Å². The SMILES string of the molecule is CC(COc1cc(Cl)cc(C(=O)O)c1)NC(=O)OCC1c2ccccc2-c2ccccc21. The van der Waals surface area contributed by atoms with Gasteiger partial charge in [-0.05, 0) is 47.4 Å². The van der Waals surface area contributed by atoms with Crippen molar-refractivity contribution < 1.29 is 24.2 Å². The van der Waals surface area contributed by atoms with Crippen molar-refractivity contribution in [1.82, 2.24) is 5.32 Å². The van der Waals surface area contributed by atoms with E-state index in [4.69, 9.17) is 26.2 Å². The maximum Gasteiger partial charge on any atom is 0.407 e. The molecule has 3 aromatic carbocycles. The summed E-state index contributed by atoms with van der Waals surface area (Å²) < 4.78 is 11.1. The Morgan fingerprint density at radius 3 is 2.28 bits per heavy atom. The van der Waals surface area contributed by atoms with Crippen LogP contribution in [0.3, 0.4) is 0 Å². The summed E-state index contributed by atoms with van der Waals surface area (Å²) >= 11 is 5.94. The molecular formula is C25H22ClNO5. The lowest BCUT2D eigenvalue weighted by atomic mass is 9.98. The van der Waals surface area contributed by atoms with Crippen LogP contribution in [-0.4, -0.2) is 36.4 Å². The fourth-order valence-electron chi connectivity index (χ4n) is 3.87. The van der Waals surface area contributed by atoms with Crippen molar-refractivity contribution >= 4 is 23.7 Å². The van der Waals surface area contributed by atoms with Crippen molar-refractivity contribution in [2.45, 2.75) is 18.9 Å². The van der Waals surface area contributed by atoms with E-state index in [2.05, 4.69) is 29.6 Å². The molecule has 3 aromatic rings. The molecule has 0 spiro atoms. The number of hydrogen-bond donors (Lipinski definition) is 2. The molecule has 0 radical (unpaired) electrons. The first-order valence-electron chi connectivity index (χ1n) is 10.2. The largest absolute Gasteiger partial charge is 0.491 e. The Morgan fingerprint density at radius 1 is 1.03 bits per heavy atom. The molecule has 0 aromatic heterocycles. The van der Waals surface area contributed by atoms with Gasteiger partial charge in [-0.1, -0.05) is 60.1 Å². The number of alkyl carbamates (subject to hydrolysis) is 1. The highest BCUT2D eigenvalue weighted by Crippen LogP contribution is 2.44. The molecule has 1 amide bonds. The average Bonchev–Trinajstić information content (AvgIpc) is 3.10. The Balaban J connectivity index is 1.32. The van der Waals surface area contributed by atoms with Gasteiger partial charge in [-0.3, -0.25) is 0 Å². The molecule has 2 N–H and O–H groups in total. The topological polar surface area (TPSA) is 84.9 Å². The van der Waals surface area contributed by atoms with Gasteiger partial charge in [0.25, 0.3) is 0 Å². The van der Waals surface area contributed by atoms with Crippen LogP contribution in [0.1, 0.15) is 34.3 Å². The van der Waals surface area contributed by atoms with Crippen LogP contribution in [-0.2, 0) is 4.74 Å². The Bertz CT molecular complexity index is 1120. The molecule has 1 atom stereocenters. The maximum atomic E-state index is 12.4. The number of hydrogen-bond acceptors (Lipinski definition) is 4. The lowest BCUT2D eigenvalue weighted by Crippen LogP contribution is -2.37. The third-order valence-corrected chi connectivity index (χ3v) is 5.54. The van der Waals surface area contributed by atoms with Crippen molar-refractivity contribution in [2.75, 3.05) is 13.2 Å². The van der Waals surface area contributed by atoms with Gasteiger partial charge in [0.1, 0.15) is 19.0 Å². The number of benzene rings is 3. The van der Waals surface area contributed by atoms with E-state index in [0.717, 1.165) is 11.1 Å². The number of carbonyl (C=O) groups is 2. The zero-order chi connectivity index (χ0) is 22.7. The minimum absolute atomic E-state index is 0.0133. The van der Waals surface area contributed by atoms with Crippen LogP contribution in [0.15, 0.2) is 66.7 Å². The van der Waals surface area contributed by atoms with Gasteiger partial charge in [0.2, 0.25) is 0 Å². The molecular weight excluding hydrogens is 430 g/mol. The van der Waals surface area contributed by atoms with Gasteiger partial charge in [-0.2, -0.15) is 0 Å². The summed E-state index contributed by atoms with van der Waals surface area (Å²) in [4.78, 5) is 23.5. The first-order chi connectivity index (χ1) is 15.4. The monoisotopic (exact) mass is 451 g/mol. The summed E-state index contributed by atoms with van der Waals surface area (Å²) in [5.74, 6) is -0.793. The van der Waals surface area contributed by atoms with Crippen LogP contribution in [0.25, 0.3) is 11.1 Å². The van der Waals surface area contributed by atoms with Crippen LogP contribution in [0, 0.1) is 0 Å². The molecule has 0 fully saturated rings. The van der Waals surface area contributed by atoms with E-state index in [1.807, 2.05) is 24.3 Å². The summed E-state index contributed by atoms with van der Waals surface area (Å²) in [7, 11) is 0. The zero-order valence-corrected chi connectivity index (χ0v) is 18.1. The van der Waals surface area contributed by atoms with Crippen molar-refractivity contribution in [2.24, 2.45) is 0 Å². The Morgan fingerprint density at radius 2 is 1.66 bits per heavy atom. The van der Waals surface area contributed by atoms with Gasteiger partial charge >= 0.3 is 12.1 Å². The molecule has 6 nitrogen and oxygen atoms in total. The molecule has 32 heavy (non-hydrogen) atoms. The highest BCUT2D eigenvalue weighted by atomic mass is 35.5. The highest BCUT2D eigenvalue weighted by molar-refractivity contribution is 6.31. The quantitative estimate of drug-likeness (QED) is 0.506.